The molecule has 1 aliphatic carbocycles. The maximum Gasteiger partial charge on any atom is 0.223 e. The molecule has 0 aromatic carbocycles. The topological polar surface area (TPSA) is 51.0 Å². The molecule has 1 aliphatic rings. The molecule has 14 heavy (non-hydrogen) atoms. The van der Waals surface area contributed by atoms with Crippen molar-refractivity contribution in [3.05, 3.63) is 11.7 Å². The quantitative estimate of drug-likeness (QED) is 0.726. The lowest BCUT2D eigenvalue weighted by Crippen LogP contribution is -2.21. The molecular weight excluding hydrogens is 178 g/mol. The molecule has 1 saturated carbocycles. The van der Waals surface area contributed by atoms with Crippen LogP contribution in [0.5, 0.6) is 0 Å². The fourth-order valence-corrected chi connectivity index (χ4v) is 1.70. The lowest BCUT2D eigenvalue weighted by atomic mass is 9.83. The highest BCUT2D eigenvalue weighted by atomic mass is 16.5. The zero-order chi connectivity index (χ0) is 9.80. The van der Waals surface area contributed by atoms with Crippen LogP contribution < -0.4 is 5.32 Å². The summed E-state index contributed by atoms with van der Waals surface area (Å²) in [5, 5.41) is 7.15. The third kappa shape index (κ3) is 2.54. The van der Waals surface area contributed by atoms with Crippen molar-refractivity contribution in [2.75, 3.05) is 6.54 Å². The standard InChI is InChI=1S/C10H17N3O/c1-8-12-10(13-14-8)7-11-6-5-9-3-2-4-9/h9,11H,2-7H2,1H3. The molecule has 4 heteroatoms. The van der Waals surface area contributed by atoms with E-state index >= 15 is 0 Å². The molecule has 0 unspecified atom stereocenters. The van der Waals surface area contributed by atoms with Crippen LogP contribution >= 0.6 is 0 Å². The number of hydrogen-bond acceptors (Lipinski definition) is 4. The van der Waals surface area contributed by atoms with E-state index < -0.39 is 0 Å². The van der Waals surface area contributed by atoms with Crippen LogP contribution in [0.25, 0.3) is 0 Å². The Morgan fingerprint density at radius 1 is 1.50 bits per heavy atom. The summed E-state index contributed by atoms with van der Waals surface area (Å²) >= 11 is 0. The minimum absolute atomic E-state index is 0.640. The molecule has 0 bridgehead atoms. The van der Waals surface area contributed by atoms with Crippen molar-refractivity contribution in [3.63, 3.8) is 0 Å². The van der Waals surface area contributed by atoms with Gasteiger partial charge in [0.25, 0.3) is 0 Å². The first-order valence-corrected chi connectivity index (χ1v) is 5.34. The lowest BCUT2D eigenvalue weighted by Gasteiger charge is -2.24. The van der Waals surface area contributed by atoms with E-state index in [1.807, 2.05) is 6.92 Å². The Kier molecular flexibility index (Phi) is 3.14. The molecule has 1 N–H and O–H groups in total. The van der Waals surface area contributed by atoms with Crippen LogP contribution in [0.2, 0.25) is 0 Å². The number of aromatic nitrogens is 2. The van der Waals surface area contributed by atoms with E-state index in [1.165, 1.54) is 25.7 Å². The van der Waals surface area contributed by atoms with E-state index in [0.717, 1.165) is 24.8 Å². The Labute approximate surface area is 84.1 Å². The Bertz CT molecular complexity index is 281. The van der Waals surface area contributed by atoms with Crippen molar-refractivity contribution in [1.82, 2.24) is 15.5 Å². The van der Waals surface area contributed by atoms with E-state index in [0.29, 0.717) is 5.89 Å². The van der Waals surface area contributed by atoms with Gasteiger partial charge >= 0.3 is 0 Å². The average molecular weight is 195 g/mol. The highest BCUT2D eigenvalue weighted by molar-refractivity contribution is 4.82. The predicted molar refractivity (Wildman–Crippen MR) is 52.7 cm³/mol. The average Bonchev–Trinajstić information content (AvgIpc) is 2.48. The van der Waals surface area contributed by atoms with Crippen LogP contribution in [0.15, 0.2) is 4.52 Å². The van der Waals surface area contributed by atoms with Gasteiger partial charge in [0.1, 0.15) is 0 Å². The SMILES string of the molecule is Cc1nc(CNCCC2CCC2)no1. The van der Waals surface area contributed by atoms with Gasteiger partial charge in [0, 0.05) is 6.92 Å². The molecule has 2 rings (SSSR count). The maximum atomic E-state index is 4.87. The first-order valence-electron chi connectivity index (χ1n) is 5.34. The summed E-state index contributed by atoms with van der Waals surface area (Å²) in [5.74, 6) is 2.37. The molecule has 0 atom stereocenters. The van der Waals surface area contributed by atoms with Crippen molar-refractivity contribution < 1.29 is 4.52 Å². The van der Waals surface area contributed by atoms with Crippen molar-refractivity contribution in [3.8, 4) is 0 Å². The van der Waals surface area contributed by atoms with Crippen LogP contribution in [-0.2, 0) is 6.54 Å². The monoisotopic (exact) mass is 195 g/mol. The number of nitrogens with zero attached hydrogens (tertiary/aromatic N) is 2. The van der Waals surface area contributed by atoms with E-state index in [2.05, 4.69) is 15.5 Å². The molecule has 1 aromatic heterocycles. The van der Waals surface area contributed by atoms with E-state index in [1.54, 1.807) is 0 Å². The lowest BCUT2D eigenvalue weighted by molar-refractivity contribution is 0.291. The summed E-state index contributed by atoms with van der Waals surface area (Å²) < 4.78 is 4.87. The van der Waals surface area contributed by atoms with Gasteiger partial charge in [-0.1, -0.05) is 24.4 Å². The molecular formula is C10H17N3O. The van der Waals surface area contributed by atoms with Gasteiger partial charge in [0.2, 0.25) is 5.89 Å². The summed E-state index contributed by atoms with van der Waals surface area (Å²) in [5.41, 5.74) is 0. The van der Waals surface area contributed by atoms with E-state index in [9.17, 15) is 0 Å². The molecule has 1 heterocycles. The van der Waals surface area contributed by atoms with Crippen molar-refractivity contribution in [1.29, 1.82) is 0 Å². The van der Waals surface area contributed by atoms with Gasteiger partial charge in [0.15, 0.2) is 5.82 Å². The third-order valence-electron chi connectivity index (χ3n) is 2.81. The molecule has 0 aliphatic heterocycles. The Hall–Kier alpha value is -0.900. The van der Waals surface area contributed by atoms with Gasteiger partial charge in [-0.2, -0.15) is 4.98 Å². The summed E-state index contributed by atoms with van der Waals surface area (Å²) in [7, 11) is 0. The first kappa shape index (κ1) is 9.65. The van der Waals surface area contributed by atoms with E-state index in [4.69, 9.17) is 4.52 Å². The zero-order valence-electron chi connectivity index (χ0n) is 8.62. The molecule has 0 spiro atoms. The molecule has 4 nitrogen and oxygen atoms in total. The van der Waals surface area contributed by atoms with Crippen LogP contribution in [0.4, 0.5) is 0 Å². The molecule has 78 valence electrons. The van der Waals surface area contributed by atoms with E-state index in [-0.39, 0.29) is 0 Å². The Balaban J connectivity index is 1.58. The van der Waals surface area contributed by atoms with Crippen LogP contribution in [0, 0.1) is 12.8 Å². The summed E-state index contributed by atoms with van der Waals surface area (Å²) in [6, 6.07) is 0. The second-order valence-electron chi connectivity index (χ2n) is 3.99. The number of hydrogen-bond donors (Lipinski definition) is 1. The summed E-state index contributed by atoms with van der Waals surface area (Å²) in [6.45, 7) is 3.60. The van der Waals surface area contributed by atoms with Gasteiger partial charge in [-0.3, -0.25) is 0 Å². The smallest absolute Gasteiger partial charge is 0.223 e. The molecule has 0 amide bonds. The fraction of sp³-hybridized carbons (Fsp3) is 0.800. The third-order valence-corrected chi connectivity index (χ3v) is 2.81. The molecule has 1 aromatic rings. The van der Waals surface area contributed by atoms with Crippen LogP contribution in [-0.4, -0.2) is 16.7 Å². The second-order valence-corrected chi connectivity index (χ2v) is 3.99. The minimum Gasteiger partial charge on any atom is -0.340 e. The van der Waals surface area contributed by atoms with Crippen molar-refractivity contribution in [2.24, 2.45) is 5.92 Å². The predicted octanol–water partition coefficient (Wildman–Crippen LogP) is 1.66. The number of rotatable bonds is 5. The van der Waals surface area contributed by atoms with Gasteiger partial charge in [-0.05, 0) is 18.9 Å². The fourth-order valence-electron chi connectivity index (χ4n) is 1.70. The largest absolute Gasteiger partial charge is 0.340 e. The van der Waals surface area contributed by atoms with Gasteiger partial charge in [-0.15, -0.1) is 0 Å². The Morgan fingerprint density at radius 2 is 2.36 bits per heavy atom. The molecule has 0 radical (unpaired) electrons. The van der Waals surface area contributed by atoms with Crippen LogP contribution in [0.1, 0.15) is 37.4 Å². The number of aryl methyl sites for hydroxylation is 1. The first-order chi connectivity index (χ1) is 6.84. The normalized spacial score (nSPS) is 16.9. The van der Waals surface area contributed by atoms with Crippen molar-refractivity contribution in [2.45, 2.75) is 39.2 Å². The zero-order valence-corrected chi connectivity index (χ0v) is 8.62. The summed E-state index contributed by atoms with van der Waals surface area (Å²) in [6.07, 6.45) is 5.55. The second kappa shape index (κ2) is 4.55. The van der Waals surface area contributed by atoms with Crippen molar-refractivity contribution >= 4 is 0 Å². The van der Waals surface area contributed by atoms with Gasteiger partial charge in [0.05, 0.1) is 6.54 Å². The van der Waals surface area contributed by atoms with Crippen LogP contribution in [0.3, 0.4) is 0 Å². The minimum atomic E-state index is 0.640. The van der Waals surface area contributed by atoms with Gasteiger partial charge in [-0.25, -0.2) is 0 Å². The van der Waals surface area contributed by atoms with Gasteiger partial charge < -0.3 is 9.84 Å². The molecule has 0 saturated heterocycles. The highest BCUT2D eigenvalue weighted by Crippen LogP contribution is 2.28. The highest BCUT2D eigenvalue weighted by Gasteiger charge is 2.16. The molecule has 1 fully saturated rings. The number of nitrogens with one attached hydrogen (secondary N) is 1. The Morgan fingerprint density at radius 3 is 2.93 bits per heavy atom. The summed E-state index contributed by atoms with van der Waals surface area (Å²) in [4.78, 5) is 4.12. The maximum absolute atomic E-state index is 4.87.